The molecule has 1 N–H and O–H groups in total. The molecule has 5 heteroatoms. The highest BCUT2D eigenvalue weighted by Gasteiger charge is 2.56. The average molecular weight is 264 g/mol. The SMILES string of the molecule is COC(C)C(C)(OC)C(C)(OC)C(OC)C(C)O. The van der Waals surface area contributed by atoms with Gasteiger partial charge in [-0.2, -0.15) is 0 Å². The quantitative estimate of drug-likeness (QED) is 0.714. The first kappa shape index (κ1) is 17.8. The summed E-state index contributed by atoms with van der Waals surface area (Å²) in [6.45, 7) is 7.31. The van der Waals surface area contributed by atoms with Gasteiger partial charge < -0.3 is 24.1 Å². The van der Waals surface area contributed by atoms with Gasteiger partial charge in [-0.15, -0.1) is 0 Å². The molecule has 5 atom stereocenters. The van der Waals surface area contributed by atoms with Crippen molar-refractivity contribution in [2.45, 2.75) is 57.2 Å². The fourth-order valence-corrected chi connectivity index (χ4v) is 2.48. The van der Waals surface area contributed by atoms with Crippen molar-refractivity contribution < 1.29 is 24.1 Å². The smallest absolute Gasteiger partial charge is 0.125 e. The summed E-state index contributed by atoms with van der Waals surface area (Å²) >= 11 is 0. The molecule has 0 radical (unpaired) electrons. The number of hydrogen-bond donors (Lipinski definition) is 1. The topological polar surface area (TPSA) is 57.2 Å². The van der Waals surface area contributed by atoms with Gasteiger partial charge in [0, 0.05) is 28.4 Å². The average Bonchev–Trinajstić information content (AvgIpc) is 2.36. The van der Waals surface area contributed by atoms with E-state index in [0.717, 1.165) is 0 Å². The summed E-state index contributed by atoms with van der Waals surface area (Å²) < 4.78 is 22.1. The Labute approximate surface area is 110 Å². The number of hydrogen-bond acceptors (Lipinski definition) is 5. The van der Waals surface area contributed by atoms with Crippen molar-refractivity contribution in [3.8, 4) is 0 Å². The van der Waals surface area contributed by atoms with Crippen molar-refractivity contribution in [3.05, 3.63) is 0 Å². The zero-order chi connectivity index (χ0) is 14.6. The highest BCUT2D eigenvalue weighted by Crippen LogP contribution is 2.38. The van der Waals surface area contributed by atoms with Crippen LogP contribution in [0.15, 0.2) is 0 Å². The van der Waals surface area contributed by atoms with E-state index in [4.69, 9.17) is 18.9 Å². The van der Waals surface area contributed by atoms with Crippen molar-refractivity contribution in [1.29, 1.82) is 0 Å². The van der Waals surface area contributed by atoms with E-state index in [1.807, 2.05) is 20.8 Å². The molecule has 0 aliphatic carbocycles. The summed E-state index contributed by atoms with van der Waals surface area (Å²) in [6, 6.07) is 0. The van der Waals surface area contributed by atoms with Gasteiger partial charge in [-0.05, 0) is 27.7 Å². The summed E-state index contributed by atoms with van der Waals surface area (Å²) in [4.78, 5) is 0. The molecular formula is C13H28O5. The maximum Gasteiger partial charge on any atom is 0.125 e. The van der Waals surface area contributed by atoms with Crippen LogP contribution >= 0.6 is 0 Å². The standard InChI is InChI=1S/C13H28O5/c1-9(14)11(16-6)13(4,18-8)12(3,17-7)10(2)15-5/h9-11,14H,1-8H3. The molecule has 0 saturated heterocycles. The summed E-state index contributed by atoms with van der Waals surface area (Å²) in [5, 5.41) is 9.89. The highest BCUT2D eigenvalue weighted by atomic mass is 16.6. The van der Waals surface area contributed by atoms with Gasteiger partial charge in [0.2, 0.25) is 0 Å². The Hall–Kier alpha value is -0.200. The summed E-state index contributed by atoms with van der Waals surface area (Å²) in [5.74, 6) is 0. The van der Waals surface area contributed by atoms with E-state index in [-0.39, 0.29) is 6.10 Å². The lowest BCUT2D eigenvalue weighted by Gasteiger charge is -2.51. The Kier molecular flexibility index (Phi) is 6.74. The molecule has 0 aromatic carbocycles. The fraction of sp³-hybridized carbons (Fsp3) is 1.00. The predicted octanol–water partition coefficient (Wildman–Crippen LogP) is 1.23. The van der Waals surface area contributed by atoms with Crippen molar-refractivity contribution in [1.82, 2.24) is 0 Å². The van der Waals surface area contributed by atoms with Crippen molar-refractivity contribution in [2.75, 3.05) is 28.4 Å². The minimum absolute atomic E-state index is 0.233. The van der Waals surface area contributed by atoms with Crippen LogP contribution in [0.5, 0.6) is 0 Å². The second-order valence-corrected chi connectivity index (χ2v) is 4.90. The maximum absolute atomic E-state index is 9.89. The second kappa shape index (κ2) is 6.82. The number of aliphatic hydroxyl groups is 1. The van der Waals surface area contributed by atoms with Gasteiger partial charge in [-0.25, -0.2) is 0 Å². The number of methoxy groups -OCH3 is 4. The monoisotopic (exact) mass is 264 g/mol. The maximum atomic E-state index is 9.89. The molecule has 5 unspecified atom stereocenters. The minimum Gasteiger partial charge on any atom is -0.391 e. The third kappa shape index (κ3) is 2.86. The lowest BCUT2D eigenvalue weighted by atomic mass is 9.75. The summed E-state index contributed by atoms with van der Waals surface area (Å²) in [7, 11) is 6.33. The molecule has 0 fully saturated rings. The van der Waals surface area contributed by atoms with Crippen LogP contribution in [0.4, 0.5) is 0 Å². The molecule has 0 aliphatic heterocycles. The first-order valence-electron chi connectivity index (χ1n) is 6.09. The van der Waals surface area contributed by atoms with Gasteiger partial charge in [0.15, 0.2) is 0 Å². The second-order valence-electron chi connectivity index (χ2n) is 4.90. The Morgan fingerprint density at radius 3 is 1.50 bits per heavy atom. The van der Waals surface area contributed by atoms with E-state index < -0.39 is 23.4 Å². The highest BCUT2D eigenvalue weighted by molar-refractivity contribution is 5.06. The Morgan fingerprint density at radius 2 is 1.28 bits per heavy atom. The Bertz CT molecular complexity index is 246. The van der Waals surface area contributed by atoms with Crippen LogP contribution in [-0.2, 0) is 18.9 Å². The third-order valence-corrected chi connectivity index (χ3v) is 4.20. The van der Waals surface area contributed by atoms with E-state index >= 15 is 0 Å². The van der Waals surface area contributed by atoms with Crippen molar-refractivity contribution in [3.63, 3.8) is 0 Å². The van der Waals surface area contributed by atoms with Crippen molar-refractivity contribution in [2.24, 2.45) is 0 Å². The van der Waals surface area contributed by atoms with E-state index in [0.29, 0.717) is 0 Å². The minimum atomic E-state index is -0.861. The fourth-order valence-electron chi connectivity index (χ4n) is 2.48. The summed E-state index contributed by atoms with van der Waals surface area (Å²) in [6.07, 6.45) is -1.47. The molecule has 0 aliphatic rings. The zero-order valence-corrected chi connectivity index (χ0v) is 12.8. The first-order chi connectivity index (χ1) is 8.24. The van der Waals surface area contributed by atoms with E-state index in [9.17, 15) is 5.11 Å². The first-order valence-corrected chi connectivity index (χ1v) is 6.09. The lowest BCUT2D eigenvalue weighted by Crippen LogP contribution is -2.67. The third-order valence-electron chi connectivity index (χ3n) is 4.20. The van der Waals surface area contributed by atoms with Gasteiger partial charge in [0.25, 0.3) is 0 Å². The predicted molar refractivity (Wildman–Crippen MR) is 69.8 cm³/mol. The molecule has 0 amide bonds. The van der Waals surface area contributed by atoms with Gasteiger partial charge in [0.1, 0.15) is 17.3 Å². The van der Waals surface area contributed by atoms with Gasteiger partial charge >= 0.3 is 0 Å². The lowest BCUT2D eigenvalue weighted by molar-refractivity contribution is -0.264. The van der Waals surface area contributed by atoms with E-state index in [1.54, 1.807) is 35.4 Å². The van der Waals surface area contributed by atoms with Crippen LogP contribution in [0.1, 0.15) is 27.7 Å². The van der Waals surface area contributed by atoms with Crippen LogP contribution in [0.3, 0.4) is 0 Å². The van der Waals surface area contributed by atoms with E-state index in [1.165, 1.54) is 0 Å². The molecular weight excluding hydrogens is 236 g/mol. The summed E-state index contributed by atoms with van der Waals surface area (Å²) in [5.41, 5.74) is -1.63. The van der Waals surface area contributed by atoms with Crippen LogP contribution in [0.2, 0.25) is 0 Å². The Balaban J connectivity index is 5.58. The molecule has 0 saturated carbocycles. The molecule has 0 aromatic heterocycles. The number of aliphatic hydroxyl groups excluding tert-OH is 1. The van der Waals surface area contributed by atoms with E-state index in [2.05, 4.69) is 0 Å². The van der Waals surface area contributed by atoms with Gasteiger partial charge in [0.05, 0.1) is 12.2 Å². The largest absolute Gasteiger partial charge is 0.391 e. The van der Waals surface area contributed by atoms with Crippen LogP contribution in [0.25, 0.3) is 0 Å². The molecule has 0 heterocycles. The van der Waals surface area contributed by atoms with Gasteiger partial charge in [-0.1, -0.05) is 0 Å². The number of ether oxygens (including phenoxy) is 4. The molecule has 0 rings (SSSR count). The molecule has 0 aromatic rings. The molecule has 0 bridgehead atoms. The zero-order valence-electron chi connectivity index (χ0n) is 12.8. The number of rotatable bonds is 8. The van der Waals surface area contributed by atoms with Gasteiger partial charge in [-0.3, -0.25) is 0 Å². The van der Waals surface area contributed by atoms with Crippen molar-refractivity contribution >= 4 is 0 Å². The molecule has 18 heavy (non-hydrogen) atoms. The molecule has 5 nitrogen and oxygen atoms in total. The molecule has 0 spiro atoms. The normalized spacial score (nSPS) is 23.8. The van der Waals surface area contributed by atoms with Crippen LogP contribution in [-0.4, -0.2) is 63.1 Å². The van der Waals surface area contributed by atoms with Crippen LogP contribution < -0.4 is 0 Å². The Morgan fingerprint density at radius 1 is 0.833 bits per heavy atom. The van der Waals surface area contributed by atoms with Crippen LogP contribution in [0, 0.1) is 0 Å². The molecule has 110 valence electrons.